The minimum Gasteiger partial charge on any atom is -0.481 e. The topological polar surface area (TPSA) is 69.6 Å². The lowest BCUT2D eigenvalue weighted by molar-refractivity contribution is -0.138. The molecule has 0 unspecified atom stereocenters. The Hall–Kier alpha value is -1.10. The van der Waals surface area contributed by atoms with Crippen molar-refractivity contribution in [2.75, 3.05) is 26.7 Å². The zero-order valence-electron chi connectivity index (χ0n) is 8.04. The minimum absolute atomic E-state index is 0.00327. The molecule has 13 heavy (non-hydrogen) atoms. The van der Waals surface area contributed by atoms with Crippen LogP contribution in [0.5, 0.6) is 0 Å². The van der Waals surface area contributed by atoms with Crippen molar-refractivity contribution in [2.24, 2.45) is 0 Å². The Balaban J connectivity index is 3.87. The lowest BCUT2D eigenvalue weighted by Gasteiger charge is -2.19. The SMILES string of the molecule is CCN(CCC(=O)O)C(=O)CNC. The highest BCUT2D eigenvalue weighted by Gasteiger charge is 2.11. The molecule has 0 bridgehead atoms. The van der Waals surface area contributed by atoms with Gasteiger partial charge < -0.3 is 15.3 Å². The second-order valence-electron chi connectivity index (χ2n) is 2.65. The molecule has 0 heterocycles. The molecule has 0 aromatic rings. The standard InChI is InChI=1S/C8H16N2O3/c1-3-10(5-4-8(12)13)7(11)6-9-2/h9H,3-6H2,1-2H3,(H,12,13). The number of aliphatic carboxylic acids is 1. The van der Waals surface area contributed by atoms with E-state index in [1.165, 1.54) is 4.90 Å². The van der Waals surface area contributed by atoms with Gasteiger partial charge in [0.15, 0.2) is 0 Å². The van der Waals surface area contributed by atoms with E-state index < -0.39 is 5.97 Å². The van der Waals surface area contributed by atoms with Gasteiger partial charge in [-0.25, -0.2) is 0 Å². The molecule has 0 aliphatic rings. The van der Waals surface area contributed by atoms with Crippen molar-refractivity contribution in [2.45, 2.75) is 13.3 Å². The van der Waals surface area contributed by atoms with Crippen LogP contribution < -0.4 is 5.32 Å². The summed E-state index contributed by atoms with van der Waals surface area (Å²) in [6.07, 6.45) is 0.00327. The molecule has 0 fully saturated rings. The van der Waals surface area contributed by atoms with Crippen molar-refractivity contribution in [1.82, 2.24) is 10.2 Å². The first-order chi connectivity index (χ1) is 6.11. The number of nitrogens with zero attached hydrogens (tertiary/aromatic N) is 1. The molecule has 0 aliphatic carbocycles. The Labute approximate surface area is 77.7 Å². The molecular weight excluding hydrogens is 172 g/mol. The first-order valence-corrected chi connectivity index (χ1v) is 4.26. The molecule has 5 heteroatoms. The minimum atomic E-state index is -0.879. The fourth-order valence-corrected chi connectivity index (χ4v) is 0.953. The van der Waals surface area contributed by atoms with Crippen molar-refractivity contribution in [1.29, 1.82) is 0 Å². The van der Waals surface area contributed by atoms with Crippen LogP contribution in [0.1, 0.15) is 13.3 Å². The Morgan fingerprint density at radius 1 is 1.46 bits per heavy atom. The number of nitrogens with one attached hydrogen (secondary N) is 1. The highest BCUT2D eigenvalue weighted by molar-refractivity contribution is 5.78. The average molecular weight is 188 g/mol. The van der Waals surface area contributed by atoms with E-state index in [-0.39, 0.29) is 25.4 Å². The van der Waals surface area contributed by atoms with E-state index in [1.54, 1.807) is 7.05 Å². The molecule has 0 saturated heterocycles. The van der Waals surface area contributed by atoms with Crippen LogP contribution in [0, 0.1) is 0 Å². The summed E-state index contributed by atoms with van der Waals surface area (Å²) < 4.78 is 0. The second-order valence-corrected chi connectivity index (χ2v) is 2.65. The Kier molecular flexibility index (Phi) is 5.88. The third-order valence-electron chi connectivity index (χ3n) is 1.66. The highest BCUT2D eigenvalue weighted by Crippen LogP contribution is 1.92. The predicted octanol–water partition coefficient (Wildman–Crippen LogP) is -0.471. The normalized spacial score (nSPS) is 9.69. The summed E-state index contributed by atoms with van der Waals surface area (Å²) in [7, 11) is 1.68. The molecule has 76 valence electrons. The van der Waals surface area contributed by atoms with Gasteiger partial charge in [-0.05, 0) is 14.0 Å². The second kappa shape index (κ2) is 6.42. The van der Waals surface area contributed by atoms with E-state index in [0.717, 1.165) is 0 Å². The zero-order valence-corrected chi connectivity index (χ0v) is 8.04. The summed E-state index contributed by atoms with van der Waals surface area (Å²) in [5.41, 5.74) is 0. The lowest BCUT2D eigenvalue weighted by atomic mass is 10.3. The molecule has 0 atom stereocenters. The van der Waals surface area contributed by atoms with E-state index in [1.807, 2.05) is 6.92 Å². The highest BCUT2D eigenvalue weighted by atomic mass is 16.4. The Morgan fingerprint density at radius 3 is 2.46 bits per heavy atom. The lowest BCUT2D eigenvalue weighted by Crippen LogP contribution is -2.38. The number of hydrogen-bond acceptors (Lipinski definition) is 3. The van der Waals surface area contributed by atoms with Crippen LogP contribution in [0.4, 0.5) is 0 Å². The van der Waals surface area contributed by atoms with Crippen LogP contribution in [0.15, 0.2) is 0 Å². The molecule has 0 saturated carbocycles. The number of carboxylic acid groups (broad SMARTS) is 1. The molecular formula is C8H16N2O3. The molecule has 1 amide bonds. The van der Waals surface area contributed by atoms with E-state index in [2.05, 4.69) is 5.32 Å². The quantitative estimate of drug-likeness (QED) is 0.591. The fraction of sp³-hybridized carbons (Fsp3) is 0.750. The van der Waals surface area contributed by atoms with Gasteiger partial charge in [0.1, 0.15) is 0 Å². The van der Waals surface area contributed by atoms with Gasteiger partial charge in [0.2, 0.25) is 5.91 Å². The summed E-state index contributed by atoms with van der Waals surface area (Å²) in [4.78, 5) is 23.0. The average Bonchev–Trinajstić information content (AvgIpc) is 2.05. The number of carbonyl (C=O) groups is 2. The Morgan fingerprint density at radius 2 is 2.08 bits per heavy atom. The number of rotatable bonds is 6. The number of likely N-dealkylation sites (N-methyl/N-ethyl adjacent to an activating group) is 2. The number of carbonyl (C=O) groups excluding carboxylic acids is 1. The molecule has 5 nitrogen and oxygen atoms in total. The van der Waals surface area contributed by atoms with Gasteiger partial charge in [0, 0.05) is 13.1 Å². The van der Waals surface area contributed by atoms with Crippen LogP contribution in [0.3, 0.4) is 0 Å². The smallest absolute Gasteiger partial charge is 0.305 e. The van der Waals surface area contributed by atoms with Gasteiger partial charge in [0.05, 0.1) is 13.0 Å². The van der Waals surface area contributed by atoms with E-state index in [4.69, 9.17) is 5.11 Å². The maximum absolute atomic E-state index is 11.3. The van der Waals surface area contributed by atoms with Crippen LogP contribution in [-0.4, -0.2) is 48.6 Å². The first kappa shape index (κ1) is 11.9. The molecule has 0 spiro atoms. The maximum Gasteiger partial charge on any atom is 0.305 e. The van der Waals surface area contributed by atoms with Crippen molar-refractivity contribution < 1.29 is 14.7 Å². The Bertz CT molecular complexity index is 182. The molecule has 0 rings (SSSR count). The van der Waals surface area contributed by atoms with E-state index in [9.17, 15) is 9.59 Å². The van der Waals surface area contributed by atoms with Crippen molar-refractivity contribution in [3.8, 4) is 0 Å². The predicted molar refractivity (Wildman–Crippen MR) is 48.4 cm³/mol. The third kappa shape index (κ3) is 5.19. The van der Waals surface area contributed by atoms with Gasteiger partial charge in [-0.1, -0.05) is 0 Å². The summed E-state index contributed by atoms with van der Waals surface area (Å²) >= 11 is 0. The van der Waals surface area contributed by atoms with Gasteiger partial charge in [-0.15, -0.1) is 0 Å². The molecule has 0 aliphatic heterocycles. The molecule has 0 aromatic heterocycles. The van der Waals surface area contributed by atoms with Gasteiger partial charge >= 0.3 is 5.97 Å². The maximum atomic E-state index is 11.3. The summed E-state index contributed by atoms with van der Waals surface area (Å²) in [5, 5.41) is 11.1. The van der Waals surface area contributed by atoms with Crippen molar-refractivity contribution in [3.63, 3.8) is 0 Å². The summed E-state index contributed by atoms with van der Waals surface area (Å²) in [6.45, 7) is 2.92. The number of carboxylic acids is 1. The largest absolute Gasteiger partial charge is 0.481 e. The molecule has 0 radical (unpaired) electrons. The third-order valence-corrected chi connectivity index (χ3v) is 1.66. The number of amides is 1. The molecule has 2 N–H and O–H groups in total. The monoisotopic (exact) mass is 188 g/mol. The van der Waals surface area contributed by atoms with Crippen LogP contribution >= 0.6 is 0 Å². The molecule has 0 aromatic carbocycles. The van der Waals surface area contributed by atoms with E-state index in [0.29, 0.717) is 6.54 Å². The number of hydrogen-bond donors (Lipinski definition) is 2. The van der Waals surface area contributed by atoms with Crippen LogP contribution in [-0.2, 0) is 9.59 Å². The van der Waals surface area contributed by atoms with Crippen molar-refractivity contribution >= 4 is 11.9 Å². The van der Waals surface area contributed by atoms with Gasteiger partial charge in [-0.3, -0.25) is 9.59 Å². The first-order valence-electron chi connectivity index (χ1n) is 4.26. The summed E-state index contributed by atoms with van der Waals surface area (Å²) in [6, 6.07) is 0. The van der Waals surface area contributed by atoms with Gasteiger partial charge in [-0.2, -0.15) is 0 Å². The van der Waals surface area contributed by atoms with Crippen LogP contribution in [0.2, 0.25) is 0 Å². The van der Waals surface area contributed by atoms with Crippen molar-refractivity contribution in [3.05, 3.63) is 0 Å². The van der Waals surface area contributed by atoms with Crippen LogP contribution in [0.25, 0.3) is 0 Å². The zero-order chi connectivity index (χ0) is 10.3. The summed E-state index contributed by atoms with van der Waals surface area (Å²) in [5.74, 6) is -0.943. The van der Waals surface area contributed by atoms with Gasteiger partial charge in [0.25, 0.3) is 0 Å². The fourth-order valence-electron chi connectivity index (χ4n) is 0.953. The van der Waals surface area contributed by atoms with E-state index >= 15 is 0 Å².